The lowest BCUT2D eigenvalue weighted by Gasteiger charge is -2.22. The standard InChI is InChI=1S/C30H25NO2/c1-18-27-25(33-29(18)26-17-20-10-6-8-12-24(20)32-26)13-14-31-28(27)21-15-19-9-5-7-11-22(19)23(16-21)30(2,3)4/h5-17H,1-4H3. The van der Waals surface area contributed by atoms with Crippen LogP contribution in [-0.2, 0) is 5.41 Å². The molecule has 3 aromatic heterocycles. The van der Waals surface area contributed by atoms with Crippen LogP contribution in [0.3, 0.4) is 0 Å². The summed E-state index contributed by atoms with van der Waals surface area (Å²) in [4.78, 5) is 4.83. The summed E-state index contributed by atoms with van der Waals surface area (Å²) in [6, 6.07) is 25.1. The SMILES string of the molecule is Cc1c(-c2cc3ccccc3o2)oc2ccnc(-c3cc(C(C)(C)C)c4ccccc4c3)c12. The first-order valence-corrected chi connectivity index (χ1v) is 11.3. The Hall–Kier alpha value is -3.85. The van der Waals surface area contributed by atoms with Crippen LogP contribution in [0.15, 0.2) is 87.8 Å². The van der Waals surface area contributed by atoms with Crippen LogP contribution in [0.4, 0.5) is 0 Å². The maximum Gasteiger partial charge on any atom is 0.173 e. The molecule has 0 spiro atoms. The molecule has 0 aliphatic carbocycles. The molecular formula is C30H25NO2. The smallest absolute Gasteiger partial charge is 0.173 e. The third kappa shape index (κ3) is 3.15. The Labute approximate surface area is 192 Å². The molecule has 0 aliphatic rings. The van der Waals surface area contributed by atoms with E-state index >= 15 is 0 Å². The fourth-order valence-corrected chi connectivity index (χ4v) is 4.81. The van der Waals surface area contributed by atoms with Crippen LogP contribution in [0.25, 0.3) is 55.5 Å². The van der Waals surface area contributed by atoms with Gasteiger partial charge >= 0.3 is 0 Å². The van der Waals surface area contributed by atoms with Crippen molar-refractivity contribution in [3.8, 4) is 22.8 Å². The number of pyridine rings is 1. The molecule has 0 radical (unpaired) electrons. The van der Waals surface area contributed by atoms with E-state index in [1.54, 1.807) is 0 Å². The summed E-state index contributed by atoms with van der Waals surface area (Å²) in [5, 5.41) is 4.60. The second kappa shape index (κ2) is 7.08. The molecule has 0 amide bonds. The molecule has 0 N–H and O–H groups in total. The van der Waals surface area contributed by atoms with Gasteiger partial charge < -0.3 is 8.83 Å². The van der Waals surface area contributed by atoms with E-state index in [0.717, 1.165) is 50.3 Å². The highest BCUT2D eigenvalue weighted by Gasteiger charge is 2.22. The molecule has 162 valence electrons. The predicted octanol–water partition coefficient (Wildman–Crippen LogP) is 8.67. The largest absolute Gasteiger partial charge is 0.453 e. The Morgan fingerprint density at radius 1 is 0.758 bits per heavy atom. The maximum absolute atomic E-state index is 6.33. The van der Waals surface area contributed by atoms with Gasteiger partial charge in [-0.1, -0.05) is 63.2 Å². The lowest BCUT2D eigenvalue weighted by Crippen LogP contribution is -2.12. The summed E-state index contributed by atoms with van der Waals surface area (Å²) < 4.78 is 12.4. The fourth-order valence-electron chi connectivity index (χ4n) is 4.81. The van der Waals surface area contributed by atoms with Crippen molar-refractivity contribution in [3.05, 3.63) is 90.1 Å². The first-order valence-electron chi connectivity index (χ1n) is 11.3. The van der Waals surface area contributed by atoms with E-state index in [1.807, 2.05) is 36.5 Å². The summed E-state index contributed by atoms with van der Waals surface area (Å²) in [6.45, 7) is 8.87. The van der Waals surface area contributed by atoms with Crippen LogP contribution in [0.5, 0.6) is 0 Å². The van der Waals surface area contributed by atoms with Gasteiger partial charge in [0.05, 0.1) is 11.1 Å². The van der Waals surface area contributed by atoms with Crippen molar-refractivity contribution in [2.75, 3.05) is 0 Å². The number of hydrogen-bond donors (Lipinski definition) is 0. The van der Waals surface area contributed by atoms with Crippen LogP contribution in [0.2, 0.25) is 0 Å². The molecule has 0 aliphatic heterocycles. The van der Waals surface area contributed by atoms with E-state index in [2.05, 4.69) is 70.2 Å². The monoisotopic (exact) mass is 431 g/mol. The van der Waals surface area contributed by atoms with Gasteiger partial charge in [-0.15, -0.1) is 0 Å². The Kier molecular flexibility index (Phi) is 4.25. The van der Waals surface area contributed by atoms with Gasteiger partial charge in [0.1, 0.15) is 11.2 Å². The molecule has 0 unspecified atom stereocenters. The zero-order valence-electron chi connectivity index (χ0n) is 19.3. The van der Waals surface area contributed by atoms with Crippen molar-refractivity contribution in [3.63, 3.8) is 0 Å². The second-order valence-electron chi connectivity index (χ2n) is 9.73. The average molecular weight is 432 g/mol. The number of aryl methyl sites for hydroxylation is 1. The van der Waals surface area contributed by atoms with Gasteiger partial charge in [-0.2, -0.15) is 0 Å². The first kappa shape index (κ1) is 19.8. The minimum absolute atomic E-state index is 0.00832. The molecular weight excluding hydrogens is 406 g/mol. The van der Waals surface area contributed by atoms with Gasteiger partial charge in [-0.3, -0.25) is 4.98 Å². The minimum atomic E-state index is 0.00832. The van der Waals surface area contributed by atoms with Crippen molar-refractivity contribution < 1.29 is 8.83 Å². The van der Waals surface area contributed by atoms with E-state index in [9.17, 15) is 0 Å². The van der Waals surface area contributed by atoms with Gasteiger partial charge in [0.25, 0.3) is 0 Å². The minimum Gasteiger partial charge on any atom is -0.453 e. The molecule has 3 heteroatoms. The molecule has 0 fully saturated rings. The summed E-state index contributed by atoms with van der Waals surface area (Å²) in [6.07, 6.45) is 1.83. The van der Waals surface area contributed by atoms with Crippen molar-refractivity contribution in [2.24, 2.45) is 0 Å². The highest BCUT2D eigenvalue weighted by molar-refractivity contribution is 6.00. The van der Waals surface area contributed by atoms with E-state index in [-0.39, 0.29) is 5.41 Å². The van der Waals surface area contributed by atoms with Crippen molar-refractivity contribution >= 4 is 32.7 Å². The molecule has 3 heterocycles. The molecule has 6 rings (SSSR count). The Morgan fingerprint density at radius 3 is 2.30 bits per heavy atom. The molecule has 0 saturated heterocycles. The van der Waals surface area contributed by atoms with E-state index in [1.165, 1.54) is 16.3 Å². The third-order valence-electron chi connectivity index (χ3n) is 6.43. The number of aromatic nitrogens is 1. The van der Waals surface area contributed by atoms with Crippen molar-refractivity contribution in [2.45, 2.75) is 33.1 Å². The normalized spacial score (nSPS) is 12.2. The summed E-state index contributed by atoms with van der Waals surface area (Å²) in [5.74, 6) is 1.50. The Balaban J connectivity index is 1.61. The summed E-state index contributed by atoms with van der Waals surface area (Å²) in [7, 11) is 0. The highest BCUT2D eigenvalue weighted by atomic mass is 16.4. The Bertz CT molecular complexity index is 1630. The number of hydrogen-bond acceptors (Lipinski definition) is 3. The molecule has 0 bridgehead atoms. The van der Waals surface area contributed by atoms with Crippen molar-refractivity contribution in [1.29, 1.82) is 0 Å². The predicted molar refractivity (Wildman–Crippen MR) is 136 cm³/mol. The lowest BCUT2D eigenvalue weighted by molar-refractivity contribution is 0.567. The van der Waals surface area contributed by atoms with Gasteiger partial charge in [0.15, 0.2) is 11.5 Å². The molecule has 33 heavy (non-hydrogen) atoms. The van der Waals surface area contributed by atoms with E-state index in [4.69, 9.17) is 13.8 Å². The molecule has 3 aromatic carbocycles. The number of benzene rings is 3. The van der Waals surface area contributed by atoms with Crippen LogP contribution in [0, 0.1) is 6.92 Å². The fraction of sp³-hybridized carbons (Fsp3) is 0.167. The molecule has 0 saturated carbocycles. The molecule has 0 atom stereocenters. The van der Waals surface area contributed by atoms with Gasteiger partial charge in [0, 0.05) is 22.7 Å². The third-order valence-corrected chi connectivity index (χ3v) is 6.43. The van der Waals surface area contributed by atoms with E-state index < -0.39 is 0 Å². The zero-order valence-corrected chi connectivity index (χ0v) is 19.3. The van der Waals surface area contributed by atoms with Gasteiger partial charge in [-0.25, -0.2) is 0 Å². The highest BCUT2D eigenvalue weighted by Crippen LogP contribution is 2.41. The topological polar surface area (TPSA) is 39.2 Å². The molecule has 6 aromatic rings. The quantitative estimate of drug-likeness (QED) is 0.275. The van der Waals surface area contributed by atoms with Crippen LogP contribution in [-0.4, -0.2) is 4.98 Å². The number of para-hydroxylation sites is 1. The maximum atomic E-state index is 6.33. The van der Waals surface area contributed by atoms with Crippen molar-refractivity contribution in [1.82, 2.24) is 4.98 Å². The van der Waals surface area contributed by atoms with E-state index in [0.29, 0.717) is 0 Å². The number of rotatable bonds is 2. The first-order chi connectivity index (χ1) is 15.9. The number of nitrogens with zero attached hydrogens (tertiary/aromatic N) is 1. The number of fused-ring (bicyclic) bond motifs is 3. The lowest BCUT2D eigenvalue weighted by atomic mass is 9.82. The summed E-state index contributed by atoms with van der Waals surface area (Å²) in [5.41, 5.74) is 6.07. The van der Waals surface area contributed by atoms with Gasteiger partial charge in [-0.05, 0) is 59.0 Å². The summed E-state index contributed by atoms with van der Waals surface area (Å²) >= 11 is 0. The van der Waals surface area contributed by atoms with Crippen LogP contribution >= 0.6 is 0 Å². The average Bonchev–Trinajstić information content (AvgIpc) is 3.38. The molecule has 3 nitrogen and oxygen atoms in total. The Morgan fingerprint density at radius 2 is 1.52 bits per heavy atom. The second-order valence-corrected chi connectivity index (χ2v) is 9.73. The van der Waals surface area contributed by atoms with Crippen LogP contribution < -0.4 is 0 Å². The van der Waals surface area contributed by atoms with Gasteiger partial charge in [0.2, 0.25) is 0 Å². The van der Waals surface area contributed by atoms with Crippen LogP contribution in [0.1, 0.15) is 31.9 Å². The zero-order chi connectivity index (χ0) is 22.7. The number of furan rings is 2.